The van der Waals surface area contributed by atoms with E-state index in [0.29, 0.717) is 13.1 Å². The van der Waals surface area contributed by atoms with Crippen LogP contribution in [0.25, 0.3) is 0 Å². The van der Waals surface area contributed by atoms with Gasteiger partial charge in [0, 0.05) is 25.9 Å². The summed E-state index contributed by atoms with van der Waals surface area (Å²) in [6, 6.07) is -2.00. The van der Waals surface area contributed by atoms with Crippen LogP contribution in [0.15, 0.2) is 0 Å². The third kappa shape index (κ3) is 18.5. The zero-order valence-corrected chi connectivity index (χ0v) is 18.7. The smallest absolute Gasteiger partial charge is 0.320 e. The zero-order valence-electron chi connectivity index (χ0n) is 18.7. The van der Waals surface area contributed by atoms with Crippen molar-refractivity contribution in [3.05, 3.63) is 0 Å². The molecule has 0 spiro atoms. The molecule has 2 unspecified atom stereocenters. The molecule has 32 heavy (non-hydrogen) atoms. The van der Waals surface area contributed by atoms with Crippen molar-refractivity contribution in [2.24, 2.45) is 11.5 Å². The maximum atomic E-state index is 11.5. The second-order valence-electron chi connectivity index (χ2n) is 7.58. The molecule has 0 bridgehead atoms. The quantitative estimate of drug-likeness (QED) is 0.0914. The van der Waals surface area contributed by atoms with Gasteiger partial charge in [-0.05, 0) is 64.7 Å². The molecular weight excluding hydrogens is 420 g/mol. The molecule has 186 valence electrons. The van der Waals surface area contributed by atoms with Crippen molar-refractivity contribution in [2.75, 3.05) is 39.3 Å². The first-order valence-corrected chi connectivity index (χ1v) is 11.2. The zero-order chi connectivity index (χ0) is 24.2. The average molecular weight is 461 g/mol. The van der Waals surface area contributed by atoms with Crippen molar-refractivity contribution in [1.29, 1.82) is 0 Å². The lowest BCUT2D eigenvalue weighted by Gasteiger charge is -2.09. The lowest BCUT2D eigenvalue weighted by atomic mass is 10.1. The average Bonchev–Trinajstić information content (AvgIpc) is 2.75. The van der Waals surface area contributed by atoms with Crippen LogP contribution < -0.4 is 32.7 Å². The summed E-state index contributed by atoms with van der Waals surface area (Å²) in [5, 5.41) is 29.4. The lowest BCUT2D eigenvalue weighted by Crippen LogP contribution is -2.33. The van der Waals surface area contributed by atoms with Crippen LogP contribution in [0.2, 0.25) is 0 Å². The molecule has 0 heterocycles. The predicted molar refractivity (Wildman–Crippen MR) is 120 cm³/mol. The summed E-state index contributed by atoms with van der Waals surface area (Å²) in [6.07, 6.45) is 4.12. The molecule has 0 aliphatic rings. The van der Waals surface area contributed by atoms with E-state index in [-0.39, 0.29) is 37.5 Å². The number of hydrogen-bond acceptors (Lipinski definition) is 8. The first kappa shape index (κ1) is 29.7. The van der Waals surface area contributed by atoms with Crippen LogP contribution in [-0.4, -0.2) is 85.3 Å². The van der Waals surface area contributed by atoms with E-state index in [2.05, 4.69) is 21.3 Å². The fraction of sp³-hybridized carbons (Fsp3) is 0.800. The van der Waals surface area contributed by atoms with E-state index in [9.17, 15) is 19.2 Å². The SMILES string of the molecule is NC(CCC(=O)NCCCNCCCCNCCCNC(=O)CCC(N)C(=O)O)C(=O)O. The summed E-state index contributed by atoms with van der Waals surface area (Å²) in [7, 11) is 0. The predicted octanol–water partition coefficient (Wildman–Crippen LogP) is -1.66. The van der Waals surface area contributed by atoms with Crippen molar-refractivity contribution in [1.82, 2.24) is 21.3 Å². The van der Waals surface area contributed by atoms with Gasteiger partial charge in [-0.25, -0.2) is 0 Å². The molecular formula is C20H40N6O6. The Hall–Kier alpha value is -2.28. The maximum Gasteiger partial charge on any atom is 0.320 e. The molecule has 12 heteroatoms. The molecule has 0 aliphatic heterocycles. The van der Waals surface area contributed by atoms with Crippen molar-refractivity contribution in [2.45, 2.75) is 63.5 Å². The van der Waals surface area contributed by atoms with Gasteiger partial charge in [-0.3, -0.25) is 19.2 Å². The molecule has 12 nitrogen and oxygen atoms in total. The molecule has 0 saturated heterocycles. The van der Waals surface area contributed by atoms with Gasteiger partial charge in [-0.2, -0.15) is 0 Å². The first-order chi connectivity index (χ1) is 15.2. The van der Waals surface area contributed by atoms with E-state index in [1.165, 1.54) is 0 Å². The number of hydrogen-bond donors (Lipinski definition) is 8. The Morgan fingerprint density at radius 2 is 0.938 bits per heavy atom. The topological polar surface area (TPSA) is 209 Å². The van der Waals surface area contributed by atoms with Crippen LogP contribution in [0.1, 0.15) is 51.4 Å². The standard InChI is InChI=1S/C20H40N6O6/c21-15(19(29)30)5-7-17(27)25-13-3-11-23-9-1-2-10-24-12-4-14-26-18(28)8-6-16(22)20(31)32/h15-16,23-24H,1-14,21-22H2,(H,25,27)(H,26,28)(H,29,30)(H,31,32). The minimum atomic E-state index is -1.10. The minimum Gasteiger partial charge on any atom is -0.480 e. The van der Waals surface area contributed by atoms with Crippen LogP contribution >= 0.6 is 0 Å². The van der Waals surface area contributed by atoms with Crippen LogP contribution in [0.4, 0.5) is 0 Å². The Bertz CT molecular complexity index is 515. The maximum absolute atomic E-state index is 11.5. The van der Waals surface area contributed by atoms with Crippen LogP contribution in [0.3, 0.4) is 0 Å². The van der Waals surface area contributed by atoms with Gasteiger partial charge in [0.1, 0.15) is 12.1 Å². The summed E-state index contributed by atoms with van der Waals surface area (Å²) in [5.74, 6) is -2.57. The molecule has 0 aromatic rings. The van der Waals surface area contributed by atoms with Gasteiger partial charge < -0.3 is 42.9 Å². The van der Waals surface area contributed by atoms with Crippen molar-refractivity contribution >= 4 is 23.8 Å². The number of carboxylic acids is 2. The number of rotatable bonds is 21. The lowest BCUT2D eigenvalue weighted by molar-refractivity contribution is -0.139. The number of carboxylic acid groups (broad SMARTS) is 2. The fourth-order valence-electron chi connectivity index (χ4n) is 2.63. The molecule has 2 amide bonds. The number of unbranched alkanes of at least 4 members (excludes halogenated alkanes) is 1. The van der Waals surface area contributed by atoms with E-state index in [1.54, 1.807) is 0 Å². The normalized spacial score (nSPS) is 12.7. The van der Waals surface area contributed by atoms with E-state index in [1.807, 2.05) is 0 Å². The molecule has 2 atom stereocenters. The van der Waals surface area contributed by atoms with E-state index < -0.39 is 24.0 Å². The fourth-order valence-corrected chi connectivity index (χ4v) is 2.63. The van der Waals surface area contributed by atoms with Crippen molar-refractivity contribution in [3.63, 3.8) is 0 Å². The van der Waals surface area contributed by atoms with Crippen molar-refractivity contribution < 1.29 is 29.4 Å². The van der Waals surface area contributed by atoms with Crippen molar-refractivity contribution in [3.8, 4) is 0 Å². The number of carbonyl (C=O) groups is 4. The molecule has 0 aliphatic carbocycles. The second kappa shape index (κ2) is 19.4. The Kier molecular flexibility index (Phi) is 18.0. The summed E-state index contributed by atoms with van der Waals surface area (Å²) in [4.78, 5) is 44.2. The Balaban J connectivity index is 3.33. The summed E-state index contributed by atoms with van der Waals surface area (Å²) < 4.78 is 0. The molecule has 0 aromatic carbocycles. The van der Waals surface area contributed by atoms with Gasteiger partial charge in [0.05, 0.1) is 0 Å². The van der Waals surface area contributed by atoms with E-state index >= 15 is 0 Å². The van der Waals surface area contributed by atoms with Gasteiger partial charge >= 0.3 is 11.9 Å². The van der Waals surface area contributed by atoms with Crippen LogP contribution in [0.5, 0.6) is 0 Å². The highest BCUT2D eigenvalue weighted by Crippen LogP contribution is 1.95. The molecule has 0 saturated carbocycles. The summed E-state index contributed by atoms with van der Waals surface area (Å²) >= 11 is 0. The number of carbonyl (C=O) groups excluding carboxylic acids is 2. The molecule has 0 aromatic heterocycles. The largest absolute Gasteiger partial charge is 0.480 e. The highest BCUT2D eigenvalue weighted by Gasteiger charge is 2.13. The third-order valence-corrected chi connectivity index (χ3v) is 4.66. The van der Waals surface area contributed by atoms with Gasteiger partial charge in [0.15, 0.2) is 0 Å². The monoisotopic (exact) mass is 460 g/mol. The second-order valence-corrected chi connectivity index (χ2v) is 7.58. The van der Waals surface area contributed by atoms with Gasteiger partial charge in [-0.1, -0.05) is 0 Å². The van der Waals surface area contributed by atoms with Crippen LogP contribution in [-0.2, 0) is 19.2 Å². The molecule has 0 rings (SSSR count). The Morgan fingerprint density at radius 3 is 1.28 bits per heavy atom. The molecule has 10 N–H and O–H groups in total. The number of aliphatic carboxylic acids is 2. The highest BCUT2D eigenvalue weighted by molar-refractivity contribution is 5.78. The number of nitrogens with two attached hydrogens (primary N) is 2. The van der Waals surface area contributed by atoms with Gasteiger partial charge in [0.2, 0.25) is 11.8 Å². The molecule has 0 radical (unpaired) electrons. The van der Waals surface area contributed by atoms with E-state index in [4.69, 9.17) is 21.7 Å². The Morgan fingerprint density at radius 1 is 0.594 bits per heavy atom. The number of amides is 2. The number of nitrogens with one attached hydrogen (secondary N) is 4. The van der Waals surface area contributed by atoms with Crippen LogP contribution in [0, 0.1) is 0 Å². The minimum absolute atomic E-state index is 0.113. The Labute approximate surface area is 189 Å². The highest BCUT2D eigenvalue weighted by atomic mass is 16.4. The van der Waals surface area contributed by atoms with E-state index in [0.717, 1.165) is 51.9 Å². The van der Waals surface area contributed by atoms with Gasteiger partial charge in [-0.15, -0.1) is 0 Å². The molecule has 0 fully saturated rings. The third-order valence-electron chi connectivity index (χ3n) is 4.66. The van der Waals surface area contributed by atoms with Gasteiger partial charge in [0.25, 0.3) is 0 Å². The first-order valence-electron chi connectivity index (χ1n) is 11.2. The summed E-state index contributed by atoms with van der Waals surface area (Å²) in [5.41, 5.74) is 10.7. The summed E-state index contributed by atoms with van der Waals surface area (Å²) in [6.45, 7) is 4.44.